The first kappa shape index (κ1) is 20.4. The van der Waals surface area contributed by atoms with Crippen molar-refractivity contribution in [3.05, 3.63) is 60.1 Å². The molecule has 0 spiro atoms. The Morgan fingerprint density at radius 1 is 1.13 bits per heavy atom. The molecule has 1 amide bonds. The predicted molar refractivity (Wildman–Crippen MR) is 114 cm³/mol. The molecule has 2 unspecified atom stereocenters. The third-order valence-electron chi connectivity index (χ3n) is 5.59. The lowest BCUT2D eigenvalue weighted by atomic mass is 10.1. The van der Waals surface area contributed by atoms with Gasteiger partial charge in [-0.15, -0.1) is 0 Å². The van der Waals surface area contributed by atoms with Crippen LogP contribution in [-0.4, -0.2) is 80.2 Å². The van der Waals surface area contributed by atoms with E-state index in [-0.39, 0.29) is 12.0 Å². The number of hydrogen-bond acceptors (Lipinski definition) is 5. The van der Waals surface area contributed by atoms with Gasteiger partial charge in [-0.25, -0.2) is 0 Å². The van der Waals surface area contributed by atoms with Gasteiger partial charge in [0.1, 0.15) is 0 Å². The number of aliphatic imine (C=N–C) groups is 1. The van der Waals surface area contributed by atoms with Crippen molar-refractivity contribution in [1.29, 1.82) is 0 Å². The van der Waals surface area contributed by atoms with Crippen LogP contribution in [0.5, 0.6) is 0 Å². The van der Waals surface area contributed by atoms with E-state index in [0.717, 1.165) is 38.7 Å². The molecule has 160 valence electrons. The average Bonchev–Trinajstić information content (AvgIpc) is 3.45. The Balaban J connectivity index is 1.27. The van der Waals surface area contributed by atoms with Crippen LogP contribution in [0.4, 0.5) is 0 Å². The molecule has 3 heterocycles. The van der Waals surface area contributed by atoms with E-state index in [9.17, 15) is 4.79 Å². The zero-order valence-corrected chi connectivity index (χ0v) is 17.3. The van der Waals surface area contributed by atoms with E-state index in [0.29, 0.717) is 24.9 Å². The van der Waals surface area contributed by atoms with Crippen molar-refractivity contribution in [2.75, 3.05) is 46.4 Å². The molecule has 8 heteroatoms. The van der Waals surface area contributed by atoms with Gasteiger partial charge in [0.2, 0.25) is 0 Å². The number of morpholine rings is 1. The fraction of sp³-hybridized carbons (Fsp3) is 0.455. The quantitative estimate of drug-likeness (QED) is 0.422. The summed E-state index contributed by atoms with van der Waals surface area (Å²) in [6, 6.07) is 14.3. The van der Waals surface area contributed by atoms with Gasteiger partial charge in [0.15, 0.2) is 11.7 Å². The number of benzene rings is 1. The maximum absolute atomic E-state index is 11.9. The molecule has 2 saturated heterocycles. The molecule has 8 nitrogen and oxygen atoms in total. The van der Waals surface area contributed by atoms with E-state index in [4.69, 9.17) is 9.15 Å². The molecule has 0 saturated carbocycles. The second kappa shape index (κ2) is 9.77. The molecule has 2 atom stereocenters. The van der Waals surface area contributed by atoms with Crippen molar-refractivity contribution in [2.45, 2.75) is 18.7 Å². The first-order chi connectivity index (χ1) is 14.7. The van der Waals surface area contributed by atoms with Crippen molar-refractivity contribution < 1.29 is 13.9 Å². The molecule has 2 aliphatic heterocycles. The highest BCUT2D eigenvalue weighted by Gasteiger charge is 2.41. The first-order valence-electron chi connectivity index (χ1n) is 10.4. The van der Waals surface area contributed by atoms with Crippen LogP contribution < -0.4 is 10.6 Å². The minimum atomic E-state index is -0.214. The van der Waals surface area contributed by atoms with Crippen LogP contribution >= 0.6 is 0 Å². The third-order valence-corrected chi connectivity index (χ3v) is 5.59. The molecule has 0 bridgehead atoms. The summed E-state index contributed by atoms with van der Waals surface area (Å²) < 4.78 is 11.2. The molecular formula is C22H29N5O3. The second-order valence-corrected chi connectivity index (χ2v) is 7.54. The van der Waals surface area contributed by atoms with Crippen LogP contribution in [0.1, 0.15) is 16.1 Å². The van der Waals surface area contributed by atoms with Crippen molar-refractivity contribution in [1.82, 2.24) is 20.4 Å². The van der Waals surface area contributed by atoms with Crippen molar-refractivity contribution in [3.8, 4) is 0 Å². The normalized spacial score (nSPS) is 22.0. The highest BCUT2D eigenvalue weighted by Crippen LogP contribution is 2.24. The number of nitrogens with zero attached hydrogens (tertiary/aromatic N) is 3. The molecule has 0 aliphatic carbocycles. The Bertz CT molecular complexity index is 840. The molecule has 0 radical (unpaired) electrons. The standard InChI is InChI=1S/C22H29N5O3/c1-23-22(25-10-9-24-21(28)19-8-5-12-29-19)27-15-18-20(16-27)30-13-11-26(18)14-17-6-3-2-4-7-17/h2-8,12,18,20H,9-11,13-16H2,1H3,(H,23,25)(H,24,28). The van der Waals surface area contributed by atoms with Crippen LogP contribution in [0.3, 0.4) is 0 Å². The fourth-order valence-electron chi connectivity index (χ4n) is 4.12. The maximum atomic E-state index is 11.9. The minimum Gasteiger partial charge on any atom is -0.459 e. The van der Waals surface area contributed by atoms with Crippen LogP contribution in [0.25, 0.3) is 0 Å². The third kappa shape index (κ3) is 4.83. The van der Waals surface area contributed by atoms with E-state index in [1.165, 1.54) is 11.8 Å². The lowest BCUT2D eigenvalue weighted by Crippen LogP contribution is -2.50. The van der Waals surface area contributed by atoms with Crippen molar-refractivity contribution in [2.24, 2.45) is 4.99 Å². The number of carbonyl (C=O) groups is 1. The second-order valence-electron chi connectivity index (χ2n) is 7.54. The van der Waals surface area contributed by atoms with E-state index < -0.39 is 0 Å². The highest BCUT2D eigenvalue weighted by molar-refractivity contribution is 5.91. The number of rotatable bonds is 6. The Morgan fingerprint density at radius 2 is 1.97 bits per heavy atom. The molecule has 1 aromatic heterocycles. The first-order valence-corrected chi connectivity index (χ1v) is 10.4. The molecule has 2 N–H and O–H groups in total. The minimum absolute atomic E-state index is 0.180. The van der Waals surface area contributed by atoms with E-state index in [1.54, 1.807) is 19.2 Å². The largest absolute Gasteiger partial charge is 0.459 e. The summed E-state index contributed by atoms with van der Waals surface area (Å²) >= 11 is 0. The summed E-state index contributed by atoms with van der Waals surface area (Å²) in [7, 11) is 1.79. The van der Waals surface area contributed by atoms with Gasteiger partial charge in [-0.2, -0.15) is 0 Å². The van der Waals surface area contributed by atoms with E-state index in [1.807, 2.05) is 0 Å². The number of hydrogen-bond donors (Lipinski definition) is 2. The van der Waals surface area contributed by atoms with Crippen LogP contribution in [0.2, 0.25) is 0 Å². The number of guanidine groups is 1. The summed E-state index contributed by atoms with van der Waals surface area (Å²) in [4.78, 5) is 21.1. The zero-order valence-electron chi connectivity index (χ0n) is 17.3. The van der Waals surface area contributed by atoms with Crippen LogP contribution in [0.15, 0.2) is 58.1 Å². The molecule has 30 heavy (non-hydrogen) atoms. The van der Waals surface area contributed by atoms with Crippen molar-refractivity contribution >= 4 is 11.9 Å². The fourth-order valence-corrected chi connectivity index (χ4v) is 4.12. The van der Waals surface area contributed by atoms with Gasteiger partial charge in [-0.05, 0) is 17.7 Å². The monoisotopic (exact) mass is 411 g/mol. The smallest absolute Gasteiger partial charge is 0.287 e. The van der Waals surface area contributed by atoms with Crippen LogP contribution in [-0.2, 0) is 11.3 Å². The molecule has 4 rings (SSSR count). The zero-order chi connectivity index (χ0) is 20.8. The summed E-state index contributed by atoms with van der Waals surface area (Å²) in [6.07, 6.45) is 1.67. The SMILES string of the molecule is CN=C(NCCNC(=O)c1ccco1)N1CC2OCCN(Cc3ccccc3)C2C1. The maximum Gasteiger partial charge on any atom is 0.287 e. The number of amides is 1. The Hall–Kier alpha value is -2.84. The number of nitrogens with one attached hydrogen (secondary N) is 2. The van der Waals surface area contributed by atoms with Gasteiger partial charge in [0, 0.05) is 46.3 Å². The molecule has 2 aromatic rings. The lowest BCUT2D eigenvalue weighted by Gasteiger charge is -2.36. The van der Waals surface area contributed by atoms with Gasteiger partial charge in [-0.1, -0.05) is 30.3 Å². The van der Waals surface area contributed by atoms with E-state index in [2.05, 4.69) is 55.8 Å². The van der Waals surface area contributed by atoms with Gasteiger partial charge >= 0.3 is 0 Å². The van der Waals surface area contributed by atoms with Crippen molar-refractivity contribution in [3.63, 3.8) is 0 Å². The average molecular weight is 412 g/mol. The summed E-state index contributed by atoms with van der Waals surface area (Å²) in [5.41, 5.74) is 1.33. The van der Waals surface area contributed by atoms with Gasteiger partial charge in [0.25, 0.3) is 5.91 Å². The number of fused-ring (bicyclic) bond motifs is 1. The number of carbonyl (C=O) groups excluding carboxylic acids is 1. The van der Waals surface area contributed by atoms with Crippen LogP contribution in [0, 0.1) is 0 Å². The summed E-state index contributed by atoms with van der Waals surface area (Å²) in [6.45, 7) is 5.38. The van der Waals surface area contributed by atoms with Gasteiger partial charge < -0.3 is 24.7 Å². The number of likely N-dealkylation sites (tertiary alicyclic amines) is 1. The van der Waals surface area contributed by atoms with Gasteiger partial charge in [0.05, 0.1) is 25.0 Å². The predicted octanol–water partition coefficient (Wildman–Crippen LogP) is 1.17. The molecule has 1 aromatic carbocycles. The lowest BCUT2D eigenvalue weighted by molar-refractivity contribution is -0.0502. The Morgan fingerprint density at radius 3 is 2.73 bits per heavy atom. The Labute approximate surface area is 176 Å². The Kier molecular flexibility index (Phi) is 6.66. The summed E-state index contributed by atoms with van der Waals surface area (Å²) in [5.74, 6) is 0.937. The highest BCUT2D eigenvalue weighted by atomic mass is 16.5. The number of furan rings is 1. The molecule has 2 fully saturated rings. The topological polar surface area (TPSA) is 82.3 Å². The van der Waals surface area contributed by atoms with Gasteiger partial charge in [-0.3, -0.25) is 14.7 Å². The molecule has 2 aliphatic rings. The number of ether oxygens (including phenoxy) is 1. The summed E-state index contributed by atoms with van der Waals surface area (Å²) in [5, 5.41) is 6.18. The molecular weight excluding hydrogens is 382 g/mol. The van der Waals surface area contributed by atoms with E-state index >= 15 is 0 Å².